The summed E-state index contributed by atoms with van der Waals surface area (Å²) < 4.78 is 18.6. The molecule has 0 saturated heterocycles. The molecule has 0 fully saturated rings. The Morgan fingerprint density at radius 3 is 2.89 bits per heavy atom. The Bertz CT molecular complexity index is 551. The van der Waals surface area contributed by atoms with Crippen LogP contribution in [0.25, 0.3) is 0 Å². The number of benzene rings is 1. The van der Waals surface area contributed by atoms with Gasteiger partial charge in [0, 0.05) is 10.0 Å². The summed E-state index contributed by atoms with van der Waals surface area (Å²) in [4.78, 5) is 11.8. The fraction of sp³-hybridized carbons (Fsp3) is 0.154. The second-order valence-electron chi connectivity index (χ2n) is 3.90. The molecular weight excluding hydrogens is 317 g/mol. The van der Waals surface area contributed by atoms with Gasteiger partial charge in [0.15, 0.2) is 0 Å². The SMILES string of the molecule is O=C(NCC(O)c1ccco1)c1cc(F)cc(Br)c1. The number of halogens is 2. The molecule has 0 aliphatic rings. The van der Waals surface area contributed by atoms with Crippen molar-refractivity contribution in [1.82, 2.24) is 5.32 Å². The van der Waals surface area contributed by atoms with E-state index in [1.165, 1.54) is 18.4 Å². The maximum absolute atomic E-state index is 13.1. The van der Waals surface area contributed by atoms with Crippen molar-refractivity contribution in [3.8, 4) is 0 Å². The van der Waals surface area contributed by atoms with Crippen molar-refractivity contribution in [3.63, 3.8) is 0 Å². The Morgan fingerprint density at radius 1 is 1.47 bits per heavy atom. The molecule has 0 radical (unpaired) electrons. The van der Waals surface area contributed by atoms with Gasteiger partial charge >= 0.3 is 0 Å². The molecule has 0 aliphatic carbocycles. The third kappa shape index (κ3) is 3.65. The second-order valence-corrected chi connectivity index (χ2v) is 4.82. The fourth-order valence-electron chi connectivity index (χ4n) is 1.56. The average molecular weight is 328 g/mol. The lowest BCUT2D eigenvalue weighted by molar-refractivity contribution is 0.0900. The van der Waals surface area contributed by atoms with Crippen LogP contribution in [-0.2, 0) is 0 Å². The van der Waals surface area contributed by atoms with E-state index in [4.69, 9.17) is 4.42 Å². The quantitative estimate of drug-likeness (QED) is 0.907. The van der Waals surface area contributed by atoms with Gasteiger partial charge in [-0.3, -0.25) is 4.79 Å². The zero-order valence-corrected chi connectivity index (χ0v) is 11.4. The Labute approximate surface area is 117 Å². The number of hydrogen-bond acceptors (Lipinski definition) is 3. The number of rotatable bonds is 4. The first-order valence-electron chi connectivity index (χ1n) is 5.52. The maximum atomic E-state index is 13.1. The van der Waals surface area contributed by atoms with Gasteiger partial charge in [0.1, 0.15) is 17.7 Å². The minimum atomic E-state index is -0.934. The van der Waals surface area contributed by atoms with Crippen LogP contribution in [0, 0.1) is 5.82 Å². The largest absolute Gasteiger partial charge is 0.467 e. The first-order valence-corrected chi connectivity index (χ1v) is 6.31. The Morgan fingerprint density at radius 2 is 2.26 bits per heavy atom. The van der Waals surface area contributed by atoms with Crippen molar-refractivity contribution in [2.75, 3.05) is 6.54 Å². The molecule has 1 heterocycles. The van der Waals surface area contributed by atoms with Gasteiger partial charge < -0.3 is 14.8 Å². The van der Waals surface area contributed by atoms with E-state index in [-0.39, 0.29) is 12.1 Å². The molecule has 0 spiro atoms. The smallest absolute Gasteiger partial charge is 0.251 e. The molecule has 100 valence electrons. The van der Waals surface area contributed by atoms with Crippen LogP contribution in [0.1, 0.15) is 22.2 Å². The van der Waals surface area contributed by atoms with Crippen molar-refractivity contribution in [2.24, 2.45) is 0 Å². The molecule has 2 rings (SSSR count). The van der Waals surface area contributed by atoms with Gasteiger partial charge in [-0.05, 0) is 30.3 Å². The summed E-state index contributed by atoms with van der Waals surface area (Å²) in [6, 6.07) is 7.13. The Hall–Kier alpha value is -1.66. The van der Waals surface area contributed by atoms with Crippen LogP contribution < -0.4 is 5.32 Å². The maximum Gasteiger partial charge on any atom is 0.251 e. The summed E-state index contributed by atoms with van der Waals surface area (Å²) in [7, 11) is 0. The Kier molecular flexibility index (Phi) is 4.34. The number of carbonyl (C=O) groups excluding carboxylic acids is 1. The number of carbonyl (C=O) groups is 1. The molecule has 0 bridgehead atoms. The van der Waals surface area contributed by atoms with Gasteiger partial charge in [-0.1, -0.05) is 15.9 Å². The molecule has 6 heteroatoms. The number of nitrogens with one attached hydrogen (secondary N) is 1. The van der Waals surface area contributed by atoms with E-state index in [9.17, 15) is 14.3 Å². The summed E-state index contributed by atoms with van der Waals surface area (Å²) in [6.45, 7) is -0.0134. The highest BCUT2D eigenvalue weighted by atomic mass is 79.9. The lowest BCUT2D eigenvalue weighted by Gasteiger charge is -2.09. The van der Waals surface area contributed by atoms with Crippen molar-refractivity contribution in [2.45, 2.75) is 6.10 Å². The van der Waals surface area contributed by atoms with Crippen LogP contribution in [0.4, 0.5) is 4.39 Å². The monoisotopic (exact) mass is 327 g/mol. The van der Waals surface area contributed by atoms with E-state index in [2.05, 4.69) is 21.2 Å². The molecule has 1 aromatic carbocycles. The summed E-state index contributed by atoms with van der Waals surface area (Å²) in [6.07, 6.45) is 0.500. The predicted octanol–water partition coefficient (Wildman–Crippen LogP) is 2.64. The minimum absolute atomic E-state index is 0.0134. The van der Waals surface area contributed by atoms with Gasteiger partial charge in [-0.15, -0.1) is 0 Å². The van der Waals surface area contributed by atoms with Crippen molar-refractivity contribution < 1.29 is 18.7 Å². The molecule has 0 saturated carbocycles. The van der Waals surface area contributed by atoms with Crippen molar-refractivity contribution >= 4 is 21.8 Å². The van der Waals surface area contributed by atoms with Crippen LogP contribution in [0.5, 0.6) is 0 Å². The molecule has 2 N–H and O–H groups in total. The molecule has 4 nitrogen and oxygen atoms in total. The van der Waals surface area contributed by atoms with Gasteiger partial charge in [-0.2, -0.15) is 0 Å². The van der Waals surface area contributed by atoms with Gasteiger partial charge in [0.25, 0.3) is 5.91 Å². The van der Waals surface area contributed by atoms with Crippen molar-refractivity contribution in [1.29, 1.82) is 0 Å². The molecular formula is C13H11BrFNO3. The first kappa shape index (κ1) is 13.8. The lowest BCUT2D eigenvalue weighted by Crippen LogP contribution is -2.28. The van der Waals surface area contributed by atoms with E-state index in [0.717, 1.165) is 6.07 Å². The predicted molar refractivity (Wildman–Crippen MR) is 70.1 cm³/mol. The topological polar surface area (TPSA) is 62.5 Å². The molecule has 0 aliphatic heterocycles. The molecule has 1 amide bonds. The van der Waals surface area contributed by atoms with Crippen LogP contribution in [0.3, 0.4) is 0 Å². The molecule has 19 heavy (non-hydrogen) atoms. The summed E-state index contributed by atoms with van der Waals surface area (Å²) in [5.41, 5.74) is 0.179. The zero-order valence-electron chi connectivity index (χ0n) is 9.77. The molecule has 1 aromatic heterocycles. The van der Waals surface area contributed by atoms with E-state index >= 15 is 0 Å². The van der Waals surface area contributed by atoms with Gasteiger partial charge in [-0.25, -0.2) is 4.39 Å². The van der Waals surface area contributed by atoms with Crippen molar-refractivity contribution in [3.05, 3.63) is 58.2 Å². The first-order chi connectivity index (χ1) is 9.06. The number of aliphatic hydroxyl groups excluding tert-OH is 1. The third-order valence-corrected chi connectivity index (χ3v) is 2.91. The molecule has 1 unspecified atom stereocenters. The zero-order chi connectivity index (χ0) is 13.8. The Balaban J connectivity index is 1.98. The minimum Gasteiger partial charge on any atom is -0.467 e. The highest BCUT2D eigenvalue weighted by Crippen LogP contribution is 2.15. The molecule has 2 aromatic rings. The highest BCUT2D eigenvalue weighted by molar-refractivity contribution is 9.10. The second kappa shape index (κ2) is 5.99. The normalized spacial score (nSPS) is 12.2. The number of aliphatic hydroxyl groups is 1. The van der Waals surface area contributed by atoms with Gasteiger partial charge in [0.2, 0.25) is 0 Å². The average Bonchev–Trinajstić information content (AvgIpc) is 2.88. The standard InChI is InChI=1S/C13H11BrFNO3/c14-9-4-8(5-10(15)6-9)13(18)16-7-11(17)12-2-1-3-19-12/h1-6,11,17H,7H2,(H,16,18). The third-order valence-electron chi connectivity index (χ3n) is 2.45. The fourth-order valence-corrected chi connectivity index (χ4v) is 2.02. The molecule has 1 atom stereocenters. The summed E-state index contributed by atoms with van der Waals surface area (Å²) in [5, 5.41) is 12.2. The van der Waals surface area contributed by atoms with Crippen LogP contribution in [0.2, 0.25) is 0 Å². The van der Waals surface area contributed by atoms with Crippen LogP contribution in [-0.4, -0.2) is 17.6 Å². The lowest BCUT2D eigenvalue weighted by atomic mass is 10.2. The van der Waals surface area contributed by atoms with Crippen LogP contribution >= 0.6 is 15.9 Å². The summed E-state index contributed by atoms with van der Waals surface area (Å²) in [5.74, 6) is -0.613. The van der Waals surface area contributed by atoms with E-state index in [1.54, 1.807) is 12.1 Å². The van der Waals surface area contributed by atoms with Crippen LogP contribution in [0.15, 0.2) is 45.5 Å². The van der Waals surface area contributed by atoms with Gasteiger partial charge in [0.05, 0.1) is 12.8 Å². The van der Waals surface area contributed by atoms with E-state index in [0.29, 0.717) is 10.2 Å². The number of furan rings is 1. The van der Waals surface area contributed by atoms with E-state index < -0.39 is 17.8 Å². The highest BCUT2D eigenvalue weighted by Gasteiger charge is 2.13. The summed E-state index contributed by atoms with van der Waals surface area (Å²) >= 11 is 3.11. The van der Waals surface area contributed by atoms with E-state index in [1.807, 2.05) is 0 Å². The number of amides is 1. The number of hydrogen-bond donors (Lipinski definition) is 2.